The van der Waals surface area contributed by atoms with E-state index in [-0.39, 0.29) is 67.7 Å². The number of hydrogen-bond acceptors (Lipinski definition) is 11. The molecule has 7 atom stereocenters. The molecule has 15 heteroatoms. The van der Waals surface area contributed by atoms with Gasteiger partial charge in [0.2, 0.25) is 27.7 Å². The molecule has 2 aromatic carbocycles. The highest BCUT2D eigenvalue weighted by Crippen LogP contribution is 2.58. The summed E-state index contributed by atoms with van der Waals surface area (Å²) in [5.74, 6) is -3.10. The number of nitrogens with one attached hydrogen (secondary N) is 1. The van der Waals surface area contributed by atoms with E-state index in [1.54, 1.807) is 65.1 Å². The van der Waals surface area contributed by atoms with E-state index >= 15 is 9.18 Å². The molecule has 352 valence electrons. The number of hydrogen-bond donors (Lipinski definition) is 1. The second-order valence-electron chi connectivity index (χ2n) is 20.4. The number of carbonyl (C=O) groups is 4. The lowest BCUT2D eigenvalue weighted by Gasteiger charge is -2.32. The van der Waals surface area contributed by atoms with Crippen LogP contribution in [0.5, 0.6) is 17.4 Å². The zero-order valence-corrected chi connectivity index (χ0v) is 39.9. The molecule has 2 amide bonds. The summed E-state index contributed by atoms with van der Waals surface area (Å²) >= 11 is 0. The normalized spacial score (nSPS) is 27.5. The molecule has 3 fully saturated rings. The summed E-state index contributed by atoms with van der Waals surface area (Å²) in [4.78, 5) is 64.1. The van der Waals surface area contributed by atoms with Crippen molar-refractivity contribution in [1.29, 1.82) is 0 Å². The topological polar surface area (TPSA) is 167 Å². The third-order valence-corrected chi connectivity index (χ3v) is 15.6. The van der Waals surface area contributed by atoms with Gasteiger partial charge >= 0.3 is 5.97 Å². The van der Waals surface area contributed by atoms with Crippen molar-refractivity contribution in [3.63, 3.8) is 0 Å². The fourth-order valence-electron chi connectivity index (χ4n) is 9.38. The summed E-state index contributed by atoms with van der Waals surface area (Å²) in [6.07, 6.45) is 5.67. The molecular weight excluding hydrogens is 854 g/mol. The van der Waals surface area contributed by atoms with Crippen molar-refractivity contribution in [2.45, 2.75) is 142 Å². The van der Waals surface area contributed by atoms with Gasteiger partial charge < -0.3 is 23.8 Å². The lowest BCUT2D eigenvalue weighted by Crippen LogP contribution is -2.48. The highest BCUT2D eigenvalue weighted by atomic mass is 32.2. The van der Waals surface area contributed by atoms with Crippen molar-refractivity contribution in [3.8, 4) is 28.6 Å². The van der Waals surface area contributed by atoms with Gasteiger partial charge in [-0.3, -0.25) is 23.9 Å². The van der Waals surface area contributed by atoms with Crippen LogP contribution in [-0.4, -0.2) is 84.1 Å². The van der Waals surface area contributed by atoms with Crippen LogP contribution in [0.2, 0.25) is 0 Å². The van der Waals surface area contributed by atoms with E-state index in [1.807, 2.05) is 39.0 Å². The summed E-state index contributed by atoms with van der Waals surface area (Å²) in [7, 11) is -2.46. The SMILES string of the molecule is COc1ccc2c(O[C@@H]3C[C@H]4C(=O)C[C@]5(C(=O)NS(=O)(=O)C6(C)CC6)C[C@H]5/C=C\CC[C@H](C)C[C@@H](C)[C@H](CC(=O)OC(C)(C)C)C(=O)N4C3)nc(-c3ccc(OC(C)C)c(F)c3)cc2c1. The van der Waals surface area contributed by atoms with E-state index < -0.39 is 73.2 Å². The number of allylic oxidation sites excluding steroid dienone is 2. The number of ether oxygens (including phenoxy) is 4. The fraction of sp³-hybridized carbons (Fsp3) is 0.580. The zero-order chi connectivity index (χ0) is 47.2. The third-order valence-electron chi connectivity index (χ3n) is 13.5. The average Bonchev–Trinajstić information content (AvgIpc) is 4.10. The van der Waals surface area contributed by atoms with Crippen LogP contribution in [-0.2, 0) is 33.9 Å². The first-order valence-corrected chi connectivity index (χ1v) is 24.4. The Morgan fingerprint density at radius 3 is 2.45 bits per heavy atom. The highest BCUT2D eigenvalue weighted by molar-refractivity contribution is 7.91. The van der Waals surface area contributed by atoms with Crippen LogP contribution in [0.1, 0.15) is 113 Å². The predicted octanol–water partition coefficient (Wildman–Crippen LogP) is 8.51. The number of amides is 2. The van der Waals surface area contributed by atoms with Crippen LogP contribution in [0.3, 0.4) is 0 Å². The van der Waals surface area contributed by atoms with E-state index in [2.05, 4.69) is 11.6 Å². The van der Waals surface area contributed by atoms with E-state index in [4.69, 9.17) is 23.9 Å². The largest absolute Gasteiger partial charge is 0.497 e. The number of nitrogens with zero attached hydrogens (tertiary/aromatic N) is 2. The van der Waals surface area contributed by atoms with Crippen molar-refractivity contribution in [2.24, 2.45) is 29.1 Å². The molecule has 2 aliphatic heterocycles. The molecule has 1 aromatic heterocycles. The molecule has 3 aromatic rings. The number of halogens is 1. The number of benzene rings is 2. The Bertz CT molecular complexity index is 2480. The van der Waals surface area contributed by atoms with Crippen molar-refractivity contribution in [2.75, 3.05) is 13.7 Å². The number of aromatic nitrogens is 1. The Balaban J connectivity index is 1.27. The van der Waals surface area contributed by atoms with E-state index in [9.17, 15) is 22.8 Å². The maximum absolute atomic E-state index is 15.4. The Hall–Kier alpha value is -5.05. The van der Waals surface area contributed by atoms with Crippen LogP contribution in [0.15, 0.2) is 54.6 Å². The predicted molar refractivity (Wildman–Crippen MR) is 244 cm³/mol. The lowest BCUT2D eigenvalue weighted by molar-refractivity contribution is -0.160. The number of fused-ring (bicyclic) bond motifs is 3. The van der Waals surface area contributed by atoms with E-state index in [1.165, 1.54) is 11.0 Å². The number of Topliss-reactive ketones (excluding diaryl/α,β-unsaturated/α-hetero) is 1. The number of carbonyl (C=O) groups excluding carboxylic acids is 4. The van der Waals surface area contributed by atoms with Gasteiger partial charge in [-0.15, -0.1) is 0 Å². The van der Waals surface area contributed by atoms with Crippen molar-refractivity contribution < 1.29 is 50.9 Å². The van der Waals surface area contributed by atoms with Gasteiger partial charge in [-0.25, -0.2) is 17.8 Å². The summed E-state index contributed by atoms with van der Waals surface area (Å²) in [5, 5.41) is 1.29. The van der Waals surface area contributed by atoms with Gasteiger partial charge in [-0.2, -0.15) is 0 Å². The molecule has 1 N–H and O–H groups in total. The van der Waals surface area contributed by atoms with Gasteiger partial charge in [0, 0.05) is 23.8 Å². The van der Waals surface area contributed by atoms with Crippen LogP contribution in [0.25, 0.3) is 22.0 Å². The molecular formula is C50H64FN3O10S. The average molecular weight is 918 g/mol. The number of rotatable bonds is 11. The number of sulfonamides is 1. The first-order valence-electron chi connectivity index (χ1n) is 22.9. The highest BCUT2D eigenvalue weighted by Gasteiger charge is 2.62. The molecule has 2 saturated carbocycles. The number of esters is 1. The Kier molecular flexibility index (Phi) is 13.5. The minimum absolute atomic E-state index is 0.0303. The van der Waals surface area contributed by atoms with Crippen molar-refractivity contribution >= 4 is 44.4 Å². The van der Waals surface area contributed by atoms with Crippen molar-refractivity contribution in [1.82, 2.24) is 14.6 Å². The molecule has 3 heterocycles. The molecule has 7 rings (SSSR count). The maximum Gasteiger partial charge on any atom is 0.307 e. The first-order chi connectivity index (χ1) is 30.5. The number of methoxy groups -OCH3 is 1. The second kappa shape index (κ2) is 18.3. The quantitative estimate of drug-likeness (QED) is 0.145. The van der Waals surface area contributed by atoms with Gasteiger partial charge in [-0.1, -0.05) is 26.0 Å². The third kappa shape index (κ3) is 10.7. The monoisotopic (exact) mass is 917 g/mol. The minimum atomic E-state index is -4.01. The molecule has 13 nitrogen and oxygen atoms in total. The van der Waals surface area contributed by atoms with Crippen LogP contribution in [0.4, 0.5) is 4.39 Å². The molecule has 1 saturated heterocycles. The van der Waals surface area contributed by atoms with Crippen LogP contribution < -0.4 is 18.9 Å². The Labute approximate surface area is 382 Å². The number of pyridine rings is 1. The van der Waals surface area contributed by atoms with Crippen LogP contribution in [0, 0.1) is 34.9 Å². The van der Waals surface area contributed by atoms with E-state index in [0.29, 0.717) is 53.5 Å². The molecule has 65 heavy (non-hydrogen) atoms. The zero-order valence-electron chi connectivity index (χ0n) is 39.1. The molecule has 0 spiro atoms. The first kappa shape index (κ1) is 47.9. The molecule has 2 aliphatic carbocycles. The summed E-state index contributed by atoms with van der Waals surface area (Å²) in [6.45, 7) is 14.5. The molecule has 4 aliphatic rings. The maximum atomic E-state index is 15.4. The Morgan fingerprint density at radius 2 is 1.78 bits per heavy atom. The fourth-order valence-corrected chi connectivity index (χ4v) is 10.7. The number of ketones is 1. The van der Waals surface area contributed by atoms with Gasteiger partial charge in [0.1, 0.15) is 17.5 Å². The van der Waals surface area contributed by atoms with Crippen LogP contribution >= 0.6 is 0 Å². The summed E-state index contributed by atoms with van der Waals surface area (Å²) in [6, 6.07) is 10.7. The summed E-state index contributed by atoms with van der Waals surface area (Å²) in [5.41, 5.74) is -1.27. The standard InChI is InChI=1S/C50H64FN3O10S/c1-29(2)62-43-17-14-32(22-39(43)51)40-23-33-21-35(61-9)15-16-37(33)45(52-40)63-36-24-41-42(55)27-50(47(58)53-65(59,60)49(8)18-19-49)26-34(50)13-11-10-12-30(3)20-31(4)38(46(57)54(41)28-36)25-44(56)64-48(5,6)7/h11,13-17,21-23,29-31,34,36,38,41H,10,12,18-20,24-28H2,1-9H3,(H,53,58)/b13-11-/t30-,31+,34+,36+,38-,41-,50+/m0/s1. The van der Waals surface area contributed by atoms with E-state index in [0.717, 1.165) is 6.42 Å². The van der Waals surface area contributed by atoms with Gasteiger partial charge in [0.05, 0.1) is 54.0 Å². The molecule has 0 bridgehead atoms. The smallest absolute Gasteiger partial charge is 0.307 e. The van der Waals surface area contributed by atoms with Gasteiger partial charge in [-0.05, 0) is 146 Å². The van der Waals surface area contributed by atoms with Gasteiger partial charge in [0.25, 0.3) is 0 Å². The molecule has 0 unspecified atom stereocenters. The Morgan fingerprint density at radius 1 is 1.05 bits per heavy atom. The van der Waals surface area contributed by atoms with Crippen molar-refractivity contribution in [3.05, 3.63) is 60.4 Å². The van der Waals surface area contributed by atoms with Gasteiger partial charge in [0.15, 0.2) is 17.3 Å². The summed E-state index contributed by atoms with van der Waals surface area (Å²) < 4.78 is 67.0. The molecule has 0 radical (unpaired) electrons. The second-order valence-corrected chi connectivity index (χ2v) is 22.6. The minimum Gasteiger partial charge on any atom is -0.497 e. The lowest BCUT2D eigenvalue weighted by atomic mass is 9.82.